The quantitative estimate of drug-likeness (QED) is 0.370. The van der Waals surface area contributed by atoms with E-state index >= 15 is 0 Å². The Balaban J connectivity index is 1.75. The number of ketones is 1. The summed E-state index contributed by atoms with van der Waals surface area (Å²) in [4.78, 5) is 27.5. The van der Waals surface area contributed by atoms with E-state index in [1.807, 2.05) is 60.7 Å². The molecule has 0 spiro atoms. The van der Waals surface area contributed by atoms with Crippen molar-refractivity contribution in [3.63, 3.8) is 0 Å². The highest BCUT2D eigenvalue weighted by Crippen LogP contribution is 2.39. The molecule has 0 aliphatic carbocycles. The van der Waals surface area contributed by atoms with E-state index in [4.69, 9.17) is 4.74 Å². The lowest BCUT2D eigenvalue weighted by atomic mass is 9.95. The number of carbonyl (C=O) groups is 2. The van der Waals surface area contributed by atoms with E-state index in [1.165, 1.54) is 0 Å². The maximum absolute atomic E-state index is 13.0. The van der Waals surface area contributed by atoms with Gasteiger partial charge in [0.1, 0.15) is 11.5 Å². The van der Waals surface area contributed by atoms with Crippen LogP contribution in [0, 0.1) is 0 Å². The first-order valence-corrected chi connectivity index (χ1v) is 10.1. The second-order valence-electron chi connectivity index (χ2n) is 7.37. The number of methoxy groups -OCH3 is 1. The molecular weight excluding hydrogens is 390 g/mol. The Labute approximate surface area is 181 Å². The number of aliphatic hydroxyl groups is 1. The number of hydrogen-bond donors (Lipinski definition) is 1. The minimum absolute atomic E-state index is 0.106. The fraction of sp³-hybridized carbons (Fsp3) is 0.154. The van der Waals surface area contributed by atoms with Crippen LogP contribution in [0.3, 0.4) is 0 Å². The fourth-order valence-electron chi connectivity index (χ4n) is 3.89. The zero-order chi connectivity index (χ0) is 21.8. The summed E-state index contributed by atoms with van der Waals surface area (Å²) >= 11 is 0. The van der Waals surface area contributed by atoms with E-state index in [0.717, 1.165) is 11.1 Å². The molecule has 31 heavy (non-hydrogen) atoms. The van der Waals surface area contributed by atoms with Crippen molar-refractivity contribution in [1.29, 1.82) is 0 Å². The number of aliphatic hydroxyl groups excluding tert-OH is 1. The van der Waals surface area contributed by atoms with E-state index in [-0.39, 0.29) is 11.3 Å². The summed E-state index contributed by atoms with van der Waals surface area (Å²) in [6, 6.07) is 25.3. The molecule has 1 saturated heterocycles. The van der Waals surface area contributed by atoms with Crippen molar-refractivity contribution in [2.24, 2.45) is 0 Å². The molecule has 1 aliphatic heterocycles. The number of ether oxygens (including phenoxy) is 1. The molecule has 1 N–H and O–H groups in total. The number of carbonyl (C=O) groups excluding carboxylic acids is 2. The molecule has 5 nitrogen and oxygen atoms in total. The Kier molecular flexibility index (Phi) is 5.85. The van der Waals surface area contributed by atoms with Gasteiger partial charge in [-0.2, -0.15) is 0 Å². The number of hydrogen-bond acceptors (Lipinski definition) is 4. The molecule has 0 aromatic heterocycles. The van der Waals surface area contributed by atoms with Gasteiger partial charge in [0.15, 0.2) is 0 Å². The van der Waals surface area contributed by atoms with Crippen molar-refractivity contribution >= 4 is 17.4 Å². The average molecular weight is 413 g/mol. The summed E-state index contributed by atoms with van der Waals surface area (Å²) in [5.41, 5.74) is 2.42. The Morgan fingerprint density at radius 3 is 2.13 bits per heavy atom. The first kappa shape index (κ1) is 20.4. The summed E-state index contributed by atoms with van der Waals surface area (Å²) in [7, 11) is 1.56. The van der Waals surface area contributed by atoms with Gasteiger partial charge < -0.3 is 14.7 Å². The minimum atomic E-state index is -0.671. The molecule has 1 atom stereocenters. The molecule has 0 unspecified atom stereocenters. The van der Waals surface area contributed by atoms with Gasteiger partial charge in [-0.05, 0) is 41.8 Å². The highest BCUT2D eigenvalue weighted by molar-refractivity contribution is 6.46. The molecule has 1 aliphatic rings. The van der Waals surface area contributed by atoms with E-state index in [1.54, 1.807) is 36.3 Å². The lowest BCUT2D eigenvalue weighted by Gasteiger charge is -2.25. The third kappa shape index (κ3) is 4.08. The van der Waals surface area contributed by atoms with Gasteiger partial charge in [0.25, 0.3) is 11.7 Å². The molecule has 1 fully saturated rings. The summed E-state index contributed by atoms with van der Waals surface area (Å²) in [6.07, 6.45) is 0.611. The van der Waals surface area contributed by atoms with Crippen LogP contribution in [0.25, 0.3) is 5.76 Å². The van der Waals surface area contributed by atoms with Crippen molar-refractivity contribution in [2.75, 3.05) is 13.7 Å². The number of nitrogens with zero attached hydrogens (tertiary/aromatic N) is 1. The molecule has 3 aromatic carbocycles. The Bertz CT molecular complexity index is 1110. The highest BCUT2D eigenvalue weighted by Gasteiger charge is 2.45. The summed E-state index contributed by atoms with van der Waals surface area (Å²) in [6.45, 7) is 0.369. The minimum Gasteiger partial charge on any atom is -0.507 e. The molecule has 0 bridgehead atoms. The van der Waals surface area contributed by atoms with Crippen molar-refractivity contribution in [2.45, 2.75) is 12.5 Å². The fourth-order valence-corrected chi connectivity index (χ4v) is 3.89. The molecular formula is C26H23NO4. The van der Waals surface area contributed by atoms with E-state index < -0.39 is 17.7 Å². The smallest absolute Gasteiger partial charge is 0.295 e. The Morgan fingerprint density at radius 1 is 0.903 bits per heavy atom. The van der Waals surface area contributed by atoms with Crippen LogP contribution in [0.4, 0.5) is 0 Å². The topological polar surface area (TPSA) is 66.8 Å². The predicted molar refractivity (Wildman–Crippen MR) is 119 cm³/mol. The lowest BCUT2D eigenvalue weighted by molar-refractivity contribution is -0.139. The summed E-state index contributed by atoms with van der Waals surface area (Å²) in [5, 5.41) is 11.0. The first-order valence-electron chi connectivity index (χ1n) is 10.1. The Hall–Kier alpha value is -3.86. The van der Waals surface area contributed by atoms with Crippen LogP contribution in [0.15, 0.2) is 90.5 Å². The van der Waals surface area contributed by atoms with Crippen LogP contribution in [0.1, 0.15) is 22.7 Å². The van der Waals surface area contributed by atoms with Gasteiger partial charge in [0.05, 0.1) is 18.7 Å². The van der Waals surface area contributed by atoms with Crippen molar-refractivity contribution in [3.8, 4) is 5.75 Å². The van der Waals surface area contributed by atoms with Crippen LogP contribution in [0.2, 0.25) is 0 Å². The van der Waals surface area contributed by atoms with Crippen LogP contribution < -0.4 is 4.74 Å². The van der Waals surface area contributed by atoms with Gasteiger partial charge in [-0.25, -0.2) is 0 Å². The zero-order valence-electron chi connectivity index (χ0n) is 17.2. The monoisotopic (exact) mass is 413 g/mol. The number of likely N-dealkylation sites (tertiary alicyclic amines) is 1. The van der Waals surface area contributed by atoms with Gasteiger partial charge in [0.2, 0.25) is 0 Å². The zero-order valence-corrected chi connectivity index (χ0v) is 17.2. The van der Waals surface area contributed by atoms with Crippen LogP contribution in [-0.4, -0.2) is 35.4 Å². The second kappa shape index (κ2) is 8.88. The van der Waals surface area contributed by atoms with E-state index in [0.29, 0.717) is 24.3 Å². The molecule has 1 amide bonds. The highest BCUT2D eigenvalue weighted by atomic mass is 16.5. The lowest BCUT2D eigenvalue weighted by Crippen LogP contribution is -2.31. The van der Waals surface area contributed by atoms with Gasteiger partial charge >= 0.3 is 0 Å². The third-order valence-electron chi connectivity index (χ3n) is 5.50. The maximum Gasteiger partial charge on any atom is 0.295 e. The van der Waals surface area contributed by atoms with E-state index in [9.17, 15) is 14.7 Å². The number of benzene rings is 3. The second-order valence-corrected chi connectivity index (χ2v) is 7.37. The van der Waals surface area contributed by atoms with Crippen LogP contribution in [-0.2, 0) is 16.0 Å². The largest absolute Gasteiger partial charge is 0.507 e. The van der Waals surface area contributed by atoms with Gasteiger partial charge in [-0.1, -0.05) is 60.7 Å². The average Bonchev–Trinajstić information content (AvgIpc) is 3.08. The maximum atomic E-state index is 13.0. The predicted octanol–water partition coefficient (Wildman–Crippen LogP) is 4.36. The number of Topliss-reactive ketones (excluding diaryl/α,β-unsaturated/α-hetero) is 1. The van der Waals surface area contributed by atoms with Crippen LogP contribution in [0.5, 0.6) is 5.75 Å². The van der Waals surface area contributed by atoms with E-state index in [2.05, 4.69) is 0 Å². The molecule has 156 valence electrons. The normalized spacial score (nSPS) is 17.7. The molecule has 0 radical (unpaired) electrons. The first-order chi connectivity index (χ1) is 15.1. The molecule has 5 heteroatoms. The summed E-state index contributed by atoms with van der Waals surface area (Å²) < 4.78 is 5.17. The van der Waals surface area contributed by atoms with Gasteiger partial charge in [0, 0.05) is 12.1 Å². The standard InChI is InChI=1S/C26H23NO4/c1-31-21-14-12-20(13-15-21)24(28)22-23(19-10-6-3-7-11-19)27(26(30)25(22)29)17-16-18-8-4-2-5-9-18/h2-15,23,28H,16-17H2,1H3/t23-/m1/s1. The number of rotatable bonds is 6. The molecule has 0 saturated carbocycles. The SMILES string of the molecule is COc1ccc(C(O)=C2C(=O)C(=O)N(CCc3ccccc3)[C@@H]2c2ccccc2)cc1. The van der Waals surface area contributed by atoms with Gasteiger partial charge in [-0.15, -0.1) is 0 Å². The number of amides is 1. The van der Waals surface area contributed by atoms with Crippen molar-refractivity contribution in [1.82, 2.24) is 4.90 Å². The summed E-state index contributed by atoms with van der Waals surface area (Å²) in [5.74, 6) is -0.813. The Morgan fingerprint density at radius 2 is 1.52 bits per heavy atom. The molecule has 4 rings (SSSR count). The van der Waals surface area contributed by atoms with Crippen molar-refractivity contribution in [3.05, 3.63) is 107 Å². The molecule has 3 aromatic rings. The third-order valence-corrected chi connectivity index (χ3v) is 5.50. The van der Waals surface area contributed by atoms with Crippen molar-refractivity contribution < 1.29 is 19.4 Å². The van der Waals surface area contributed by atoms with Crippen LogP contribution >= 0.6 is 0 Å². The van der Waals surface area contributed by atoms with Gasteiger partial charge in [-0.3, -0.25) is 9.59 Å². The molecule has 1 heterocycles.